The fraction of sp³-hybridized carbons (Fsp3) is 0.220. The first kappa shape index (κ1) is 36.1. The summed E-state index contributed by atoms with van der Waals surface area (Å²) in [7, 11) is 0. The maximum Gasteiger partial charge on any atom is 0.220 e. The minimum absolute atomic E-state index is 0.0535. The summed E-state index contributed by atoms with van der Waals surface area (Å²) in [5, 5.41) is 15.1. The molecule has 0 aliphatic carbocycles. The van der Waals surface area contributed by atoms with E-state index in [0.717, 1.165) is 11.3 Å². The molecule has 0 heterocycles. The largest absolute Gasteiger partial charge is 0.508 e. The molecule has 0 saturated heterocycles. The maximum absolute atomic E-state index is 12.4. The molecule has 2 amide bonds. The number of carbonyl (C=O) groups excluding carboxylic acids is 2. The second-order valence-corrected chi connectivity index (χ2v) is 11.9. The van der Waals surface area contributed by atoms with E-state index in [1.165, 1.54) is 0 Å². The molecular formula is C41H42N2O8. The molecule has 0 radical (unpaired) electrons. The highest BCUT2D eigenvalue weighted by Crippen LogP contribution is 2.27. The van der Waals surface area contributed by atoms with Crippen LogP contribution < -0.4 is 34.3 Å². The number of hydrogen-bond acceptors (Lipinski definition) is 8. The third kappa shape index (κ3) is 12.7. The van der Waals surface area contributed by atoms with Crippen LogP contribution in [0.1, 0.15) is 32.3 Å². The van der Waals surface area contributed by atoms with E-state index in [0.29, 0.717) is 41.1 Å². The van der Waals surface area contributed by atoms with Crippen molar-refractivity contribution >= 4 is 11.8 Å². The summed E-state index contributed by atoms with van der Waals surface area (Å²) in [6, 6.07) is 37.7. The molecule has 0 aliphatic heterocycles. The molecule has 5 aromatic rings. The lowest BCUT2D eigenvalue weighted by molar-refractivity contribution is -0.127. The zero-order valence-corrected chi connectivity index (χ0v) is 28.6. The highest BCUT2D eigenvalue weighted by molar-refractivity contribution is 5.84. The summed E-state index contributed by atoms with van der Waals surface area (Å²) in [6.07, 6.45) is 0.107. The lowest BCUT2D eigenvalue weighted by Gasteiger charge is -2.17. The fourth-order valence-corrected chi connectivity index (χ4v) is 4.79. The van der Waals surface area contributed by atoms with Gasteiger partial charge in [0, 0.05) is 12.8 Å². The number of carbonyl (C=O) groups is 2. The number of amides is 2. The number of hydrogen-bond donors (Lipinski definition) is 3. The van der Waals surface area contributed by atoms with E-state index in [1.54, 1.807) is 60.7 Å². The van der Waals surface area contributed by atoms with Gasteiger partial charge < -0.3 is 39.4 Å². The molecule has 0 saturated carbocycles. The molecule has 0 bridgehead atoms. The van der Waals surface area contributed by atoms with Gasteiger partial charge in [-0.15, -0.1) is 0 Å². The van der Waals surface area contributed by atoms with Crippen molar-refractivity contribution < 1.29 is 38.4 Å². The Labute approximate surface area is 297 Å². The van der Waals surface area contributed by atoms with E-state index in [-0.39, 0.29) is 55.7 Å². The van der Waals surface area contributed by atoms with E-state index < -0.39 is 0 Å². The molecule has 0 unspecified atom stereocenters. The minimum atomic E-state index is -0.261. The molecule has 0 aliphatic rings. The number of rotatable bonds is 18. The van der Waals surface area contributed by atoms with Crippen LogP contribution in [0.2, 0.25) is 0 Å². The molecule has 5 rings (SSSR count). The van der Waals surface area contributed by atoms with Crippen LogP contribution in [0, 0.1) is 0 Å². The normalized spacial score (nSPS) is 11.8. The third-order valence-electron chi connectivity index (χ3n) is 7.42. The number of nitrogens with one attached hydrogen (secondary N) is 2. The van der Waals surface area contributed by atoms with Crippen molar-refractivity contribution in [2.45, 2.75) is 45.4 Å². The monoisotopic (exact) mass is 690 g/mol. The highest BCUT2D eigenvalue weighted by Gasteiger charge is 2.13. The Balaban J connectivity index is 0.930. The van der Waals surface area contributed by atoms with Gasteiger partial charge in [-0.05, 0) is 116 Å². The van der Waals surface area contributed by atoms with Gasteiger partial charge in [-0.2, -0.15) is 0 Å². The fourth-order valence-electron chi connectivity index (χ4n) is 4.79. The third-order valence-corrected chi connectivity index (χ3v) is 7.42. The molecule has 5 aromatic carbocycles. The Morgan fingerprint density at radius 1 is 0.510 bits per heavy atom. The van der Waals surface area contributed by atoms with E-state index >= 15 is 0 Å². The molecule has 10 nitrogen and oxygen atoms in total. The molecule has 51 heavy (non-hydrogen) atoms. The molecule has 0 spiro atoms. The van der Waals surface area contributed by atoms with Gasteiger partial charge in [-0.25, -0.2) is 0 Å². The van der Waals surface area contributed by atoms with Gasteiger partial charge >= 0.3 is 0 Å². The van der Waals surface area contributed by atoms with Gasteiger partial charge in [-0.3, -0.25) is 9.59 Å². The number of ether oxygens (including phenoxy) is 5. The van der Waals surface area contributed by atoms with Crippen molar-refractivity contribution in [1.82, 2.24) is 10.6 Å². The number of benzene rings is 5. The molecule has 2 atom stereocenters. The van der Waals surface area contributed by atoms with Crippen LogP contribution in [-0.4, -0.2) is 42.2 Å². The number of phenolic OH excluding ortho intramolecular Hbond substituents is 1. The summed E-state index contributed by atoms with van der Waals surface area (Å²) in [5.74, 6) is 4.29. The van der Waals surface area contributed by atoms with Crippen LogP contribution in [0.25, 0.3) is 0 Å². The summed E-state index contributed by atoms with van der Waals surface area (Å²) in [5.41, 5.74) is 1.10. The van der Waals surface area contributed by atoms with Crippen molar-refractivity contribution in [1.29, 1.82) is 0 Å². The van der Waals surface area contributed by atoms with E-state index in [4.69, 9.17) is 23.7 Å². The second-order valence-electron chi connectivity index (χ2n) is 11.9. The minimum Gasteiger partial charge on any atom is -0.508 e. The number of phenols is 1. The van der Waals surface area contributed by atoms with Crippen molar-refractivity contribution in [2.24, 2.45) is 0 Å². The van der Waals surface area contributed by atoms with E-state index in [1.807, 2.05) is 80.6 Å². The topological polar surface area (TPSA) is 125 Å². The van der Waals surface area contributed by atoms with Gasteiger partial charge in [0.1, 0.15) is 65.8 Å². The Kier molecular flexibility index (Phi) is 13.1. The molecule has 3 N–H and O–H groups in total. The van der Waals surface area contributed by atoms with Gasteiger partial charge in [0.2, 0.25) is 11.8 Å². The second kappa shape index (κ2) is 18.6. The van der Waals surface area contributed by atoms with E-state index in [9.17, 15) is 14.7 Å². The van der Waals surface area contributed by atoms with Crippen LogP contribution in [0.5, 0.6) is 46.0 Å². The summed E-state index contributed by atoms with van der Waals surface area (Å²) < 4.78 is 29.1. The van der Waals surface area contributed by atoms with Crippen LogP contribution in [0.3, 0.4) is 0 Å². The van der Waals surface area contributed by atoms with Crippen molar-refractivity contribution in [3.8, 4) is 46.0 Å². The Morgan fingerprint density at radius 2 is 0.863 bits per heavy atom. The van der Waals surface area contributed by atoms with Gasteiger partial charge in [-0.1, -0.05) is 30.3 Å². The summed E-state index contributed by atoms with van der Waals surface area (Å²) >= 11 is 0. The zero-order chi connectivity index (χ0) is 35.8. The summed E-state index contributed by atoms with van der Waals surface area (Å²) in [4.78, 5) is 24.9. The molecule has 0 aromatic heterocycles. The lowest BCUT2D eigenvalue weighted by Crippen LogP contribution is -2.39. The van der Waals surface area contributed by atoms with Crippen molar-refractivity contribution in [3.05, 3.63) is 133 Å². The first-order valence-corrected chi connectivity index (χ1v) is 16.7. The van der Waals surface area contributed by atoms with Crippen molar-refractivity contribution in [2.75, 3.05) is 13.2 Å². The van der Waals surface area contributed by atoms with Crippen molar-refractivity contribution in [3.63, 3.8) is 0 Å². The first-order chi connectivity index (χ1) is 24.8. The summed E-state index contributed by atoms with van der Waals surface area (Å²) in [6.45, 7) is 4.70. The van der Waals surface area contributed by atoms with Crippen LogP contribution >= 0.6 is 0 Å². The average molecular weight is 691 g/mol. The molecule has 264 valence electrons. The Bertz CT molecular complexity index is 1800. The molecule has 10 heteroatoms. The maximum atomic E-state index is 12.4. The molecule has 0 fully saturated rings. The SMILES string of the molecule is C[C@@H](COc1ccc(Oc2ccc(O)cc2)cc1)NC(=O)CCC(=O)N[C@@H](C)COc1ccc(Oc2ccc(OCc3ccccc3)cc2)cc1. The standard InChI is InChI=1S/C41H42N2O8/c1-29(26-47-33-12-18-37(19-13-33)50-36-10-8-32(44)9-11-36)42-40(45)24-25-41(46)43-30(2)27-48-34-14-20-38(21-15-34)51-39-22-16-35(17-23-39)49-28-31-6-4-3-5-7-31/h3-23,29-30,44H,24-28H2,1-2H3,(H,42,45)(H,43,46)/t29-,30-/m0/s1. The lowest BCUT2D eigenvalue weighted by atomic mass is 10.2. The quantitative estimate of drug-likeness (QED) is 0.0851. The first-order valence-electron chi connectivity index (χ1n) is 16.7. The van der Waals surface area contributed by atoms with Crippen LogP contribution in [0.15, 0.2) is 127 Å². The van der Waals surface area contributed by atoms with Gasteiger partial charge in [0.05, 0.1) is 12.1 Å². The Morgan fingerprint density at radius 3 is 1.27 bits per heavy atom. The average Bonchev–Trinajstić information content (AvgIpc) is 3.14. The molecular weight excluding hydrogens is 648 g/mol. The number of aromatic hydroxyl groups is 1. The van der Waals surface area contributed by atoms with Crippen LogP contribution in [0.4, 0.5) is 0 Å². The predicted octanol–water partition coefficient (Wildman–Crippen LogP) is 7.80. The smallest absolute Gasteiger partial charge is 0.220 e. The zero-order valence-electron chi connectivity index (χ0n) is 28.6. The van der Waals surface area contributed by atoms with Gasteiger partial charge in [0.25, 0.3) is 0 Å². The van der Waals surface area contributed by atoms with Crippen LogP contribution in [-0.2, 0) is 16.2 Å². The predicted molar refractivity (Wildman–Crippen MR) is 194 cm³/mol. The van der Waals surface area contributed by atoms with Gasteiger partial charge in [0.15, 0.2) is 0 Å². The Hall–Kier alpha value is -6.16. The highest BCUT2D eigenvalue weighted by atomic mass is 16.5. The van der Waals surface area contributed by atoms with E-state index in [2.05, 4.69) is 10.6 Å².